The van der Waals surface area contributed by atoms with Gasteiger partial charge in [-0.25, -0.2) is 4.79 Å². The van der Waals surface area contributed by atoms with Gasteiger partial charge in [0.05, 0.1) is 6.42 Å². The van der Waals surface area contributed by atoms with Crippen molar-refractivity contribution in [1.29, 1.82) is 0 Å². The summed E-state index contributed by atoms with van der Waals surface area (Å²) in [6, 6.07) is -0.851. The second-order valence-corrected chi connectivity index (χ2v) is 2.40. The monoisotopic (exact) mass is 172 g/mol. The molecule has 66 valence electrons. The molecule has 0 aliphatic carbocycles. The molecule has 6 nitrogen and oxygen atoms in total. The highest BCUT2D eigenvalue weighted by Crippen LogP contribution is 2.00. The van der Waals surface area contributed by atoms with E-state index in [4.69, 9.17) is 0 Å². The lowest BCUT2D eigenvalue weighted by Crippen LogP contribution is -2.50. The zero-order valence-corrected chi connectivity index (χ0v) is 6.42. The molecule has 2 amide bonds. The molecule has 1 saturated heterocycles. The largest absolute Gasteiger partial charge is 0.354 e. The Morgan fingerprint density at radius 2 is 2.33 bits per heavy atom. The Balaban J connectivity index is 2.55. The summed E-state index contributed by atoms with van der Waals surface area (Å²) in [5.41, 5.74) is 1.90. The second kappa shape index (κ2) is 3.21. The average molecular weight is 172 g/mol. The lowest BCUT2D eigenvalue weighted by molar-refractivity contribution is -0.167. The summed E-state index contributed by atoms with van der Waals surface area (Å²) in [7, 11) is 0. The highest BCUT2D eigenvalue weighted by Gasteiger charge is 2.29. The molecule has 1 unspecified atom stereocenters. The summed E-state index contributed by atoms with van der Waals surface area (Å²) < 4.78 is 0. The quantitative estimate of drug-likeness (QED) is 0.502. The minimum absolute atomic E-state index is 0.0710. The number of amides is 2. The van der Waals surface area contributed by atoms with Crippen LogP contribution < -0.4 is 10.8 Å². The van der Waals surface area contributed by atoms with Crippen LogP contribution in [0.3, 0.4) is 0 Å². The molecule has 1 aliphatic rings. The molecule has 1 heterocycles. The van der Waals surface area contributed by atoms with Gasteiger partial charge in [-0.15, -0.1) is 0 Å². The van der Waals surface area contributed by atoms with Crippen LogP contribution in [0, 0.1) is 0 Å². The van der Waals surface area contributed by atoms with Crippen LogP contribution in [0.25, 0.3) is 0 Å². The van der Waals surface area contributed by atoms with Gasteiger partial charge in [0.1, 0.15) is 6.04 Å². The molecule has 1 aliphatic heterocycles. The number of hydroxylamine groups is 1. The molecule has 1 atom stereocenters. The summed E-state index contributed by atoms with van der Waals surface area (Å²) >= 11 is 0. The fourth-order valence-corrected chi connectivity index (χ4v) is 0.844. The Bertz CT molecular complexity index is 236. The molecule has 0 saturated carbocycles. The van der Waals surface area contributed by atoms with Crippen molar-refractivity contribution in [3.63, 3.8) is 0 Å². The van der Waals surface area contributed by atoms with Gasteiger partial charge in [-0.05, 0) is 0 Å². The number of carbonyl (C=O) groups excluding carboxylic acids is 3. The molecule has 2 N–H and O–H groups in total. The first kappa shape index (κ1) is 8.51. The fraction of sp³-hybridized carbons (Fsp3) is 0.500. The van der Waals surface area contributed by atoms with Crippen molar-refractivity contribution in [2.75, 3.05) is 0 Å². The minimum Gasteiger partial charge on any atom is -0.342 e. The maximum absolute atomic E-state index is 10.8. The van der Waals surface area contributed by atoms with Crippen molar-refractivity contribution in [1.82, 2.24) is 10.8 Å². The highest BCUT2D eigenvalue weighted by molar-refractivity contribution is 5.91. The molecule has 0 bridgehead atoms. The van der Waals surface area contributed by atoms with E-state index in [9.17, 15) is 14.4 Å². The van der Waals surface area contributed by atoms with E-state index in [0.29, 0.717) is 0 Å². The second-order valence-electron chi connectivity index (χ2n) is 2.40. The molecule has 0 radical (unpaired) electrons. The number of nitrogens with one attached hydrogen (secondary N) is 2. The van der Waals surface area contributed by atoms with Crippen LogP contribution in [-0.2, 0) is 19.2 Å². The molecular weight excluding hydrogens is 164 g/mol. The van der Waals surface area contributed by atoms with Crippen LogP contribution in [0.15, 0.2) is 0 Å². The summed E-state index contributed by atoms with van der Waals surface area (Å²) in [4.78, 5) is 36.2. The predicted octanol–water partition coefficient (Wildman–Crippen LogP) is -1.53. The van der Waals surface area contributed by atoms with E-state index < -0.39 is 17.9 Å². The van der Waals surface area contributed by atoms with Crippen LogP contribution in [0.4, 0.5) is 0 Å². The lowest BCUT2D eigenvalue weighted by Gasteiger charge is -2.20. The van der Waals surface area contributed by atoms with Crippen molar-refractivity contribution in [2.24, 2.45) is 0 Å². The van der Waals surface area contributed by atoms with Crippen molar-refractivity contribution < 1.29 is 19.2 Å². The predicted molar refractivity (Wildman–Crippen MR) is 36.5 cm³/mol. The molecular formula is C6H8N2O4. The van der Waals surface area contributed by atoms with Crippen LogP contribution in [0.1, 0.15) is 13.3 Å². The number of hydrogen-bond acceptors (Lipinski definition) is 4. The number of carbonyl (C=O) groups is 3. The molecule has 0 aromatic carbocycles. The molecule has 1 fully saturated rings. The van der Waals surface area contributed by atoms with Gasteiger partial charge in [0, 0.05) is 6.92 Å². The van der Waals surface area contributed by atoms with E-state index in [-0.39, 0.29) is 12.3 Å². The topological polar surface area (TPSA) is 84.5 Å². The third kappa shape index (κ3) is 1.94. The Morgan fingerprint density at radius 1 is 1.67 bits per heavy atom. The SMILES string of the molecule is CC(=O)NC1CC(=O)NOC1=O. The first-order valence-corrected chi connectivity index (χ1v) is 3.36. The van der Waals surface area contributed by atoms with Crippen LogP contribution in [0.2, 0.25) is 0 Å². The fourth-order valence-electron chi connectivity index (χ4n) is 0.844. The van der Waals surface area contributed by atoms with Crippen molar-refractivity contribution in [3.05, 3.63) is 0 Å². The maximum Gasteiger partial charge on any atom is 0.354 e. The molecule has 0 aromatic heterocycles. The zero-order valence-electron chi connectivity index (χ0n) is 6.42. The smallest absolute Gasteiger partial charge is 0.342 e. The van der Waals surface area contributed by atoms with Gasteiger partial charge in [0.2, 0.25) is 5.91 Å². The maximum atomic E-state index is 10.8. The van der Waals surface area contributed by atoms with Crippen LogP contribution in [-0.4, -0.2) is 23.8 Å². The normalized spacial score (nSPS) is 22.6. The molecule has 0 spiro atoms. The van der Waals surface area contributed by atoms with Gasteiger partial charge in [-0.1, -0.05) is 0 Å². The van der Waals surface area contributed by atoms with Gasteiger partial charge >= 0.3 is 5.97 Å². The first-order valence-electron chi connectivity index (χ1n) is 3.36. The van der Waals surface area contributed by atoms with Crippen LogP contribution >= 0.6 is 0 Å². The Kier molecular flexibility index (Phi) is 2.27. The number of rotatable bonds is 1. The summed E-state index contributed by atoms with van der Waals surface area (Å²) in [6.07, 6.45) is -0.0710. The summed E-state index contributed by atoms with van der Waals surface area (Å²) in [6.45, 7) is 1.26. The zero-order chi connectivity index (χ0) is 9.14. The Morgan fingerprint density at radius 3 is 2.92 bits per heavy atom. The lowest BCUT2D eigenvalue weighted by atomic mass is 10.2. The van der Waals surface area contributed by atoms with Crippen LogP contribution in [0.5, 0.6) is 0 Å². The highest BCUT2D eigenvalue weighted by atomic mass is 16.7. The van der Waals surface area contributed by atoms with Gasteiger partial charge < -0.3 is 10.2 Å². The van der Waals surface area contributed by atoms with Gasteiger partial charge in [0.15, 0.2) is 0 Å². The summed E-state index contributed by atoms with van der Waals surface area (Å²) in [5, 5.41) is 2.29. The molecule has 12 heavy (non-hydrogen) atoms. The third-order valence-electron chi connectivity index (χ3n) is 1.32. The van der Waals surface area contributed by atoms with Gasteiger partial charge in [-0.3, -0.25) is 9.59 Å². The average Bonchev–Trinajstić information content (AvgIpc) is 1.96. The van der Waals surface area contributed by atoms with Crippen molar-refractivity contribution >= 4 is 17.8 Å². The van der Waals surface area contributed by atoms with E-state index in [2.05, 4.69) is 10.2 Å². The van der Waals surface area contributed by atoms with E-state index in [1.165, 1.54) is 6.92 Å². The number of hydrogen-bond donors (Lipinski definition) is 2. The van der Waals surface area contributed by atoms with Crippen molar-refractivity contribution in [3.8, 4) is 0 Å². The minimum atomic E-state index is -0.851. The summed E-state index contributed by atoms with van der Waals surface area (Å²) in [5.74, 6) is -1.44. The van der Waals surface area contributed by atoms with E-state index in [0.717, 1.165) is 0 Å². The molecule has 1 rings (SSSR count). The van der Waals surface area contributed by atoms with E-state index in [1.54, 1.807) is 0 Å². The molecule has 0 aromatic rings. The Labute approximate surface area is 68.2 Å². The standard InChI is InChI=1S/C6H8N2O4/c1-3(9)7-4-2-5(10)8-12-6(4)11/h4H,2H2,1H3,(H,7,9)(H,8,10). The van der Waals surface area contributed by atoms with Crippen molar-refractivity contribution in [2.45, 2.75) is 19.4 Å². The first-order chi connectivity index (χ1) is 5.59. The molecule has 6 heteroatoms. The van der Waals surface area contributed by atoms with E-state index in [1.807, 2.05) is 5.48 Å². The van der Waals surface area contributed by atoms with Gasteiger partial charge in [-0.2, -0.15) is 5.48 Å². The van der Waals surface area contributed by atoms with Gasteiger partial charge in [0.25, 0.3) is 5.91 Å². The van der Waals surface area contributed by atoms with E-state index >= 15 is 0 Å². The third-order valence-corrected chi connectivity index (χ3v) is 1.32. The Hall–Kier alpha value is -1.59.